The van der Waals surface area contributed by atoms with Crippen LogP contribution in [0.1, 0.15) is 11.1 Å². The number of fused-ring (bicyclic) bond motifs is 1. The van der Waals surface area contributed by atoms with Crippen molar-refractivity contribution in [2.75, 3.05) is 0 Å². The number of hydrogen-bond donors (Lipinski definition) is 1. The first-order valence-corrected chi connectivity index (χ1v) is 7.14. The summed E-state index contributed by atoms with van der Waals surface area (Å²) in [6.07, 6.45) is 0. The molecule has 4 heteroatoms. The van der Waals surface area contributed by atoms with E-state index in [9.17, 15) is 5.11 Å². The van der Waals surface area contributed by atoms with Crippen molar-refractivity contribution in [3.05, 3.63) is 32.2 Å². The van der Waals surface area contributed by atoms with E-state index < -0.39 is 0 Å². The molecule has 0 saturated carbocycles. The Morgan fingerprint density at radius 2 is 2.21 bits per heavy atom. The second kappa shape index (κ2) is 4.47. The molecule has 0 saturated heterocycles. The first-order valence-electron chi connectivity index (χ1n) is 4.13. The summed E-state index contributed by atoms with van der Waals surface area (Å²) >= 11 is 7.58. The van der Waals surface area contributed by atoms with Crippen molar-refractivity contribution < 1.29 is 5.11 Å². The molecule has 0 fully saturated rings. The zero-order valence-corrected chi connectivity index (χ0v) is 11.8. The third kappa shape index (κ3) is 1.85. The highest BCUT2D eigenvalue weighted by atomic mass is 127. The minimum Gasteiger partial charge on any atom is -0.392 e. The molecule has 1 N–H and O–H groups in total. The molecule has 0 radical (unpaired) electrons. The lowest BCUT2D eigenvalue weighted by Crippen LogP contribution is -1.90. The van der Waals surface area contributed by atoms with Gasteiger partial charge in [-0.05, 0) is 45.2 Å². The highest BCUT2D eigenvalue weighted by molar-refractivity contribution is 14.1. The Labute approximate surface area is 108 Å². The Hall–Kier alpha value is 0.350. The Bertz CT molecular complexity index is 466. The van der Waals surface area contributed by atoms with Crippen LogP contribution in [0.4, 0.5) is 0 Å². The minimum absolute atomic E-state index is 0.116. The number of aliphatic hydroxyl groups excluding tert-OH is 1. The monoisotopic (exact) mass is 382 g/mol. The number of alkyl halides is 1. The molecule has 0 amide bonds. The topological polar surface area (TPSA) is 20.2 Å². The largest absolute Gasteiger partial charge is 0.392 e. The standard InChI is InChI=1S/C10H8BrIOS/c11-4-8-7(5-13)2-1-6-3-9(12)14-10(6)8/h1-3,13H,4-5H2. The van der Waals surface area contributed by atoms with Gasteiger partial charge in [-0.15, -0.1) is 11.3 Å². The number of rotatable bonds is 2. The van der Waals surface area contributed by atoms with Gasteiger partial charge in [0.1, 0.15) is 0 Å². The summed E-state index contributed by atoms with van der Waals surface area (Å²) in [6.45, 7) is 0.116. The van der Waals surface area contributed by atoms with E-state index >= 15 is 0 Å². The van der Waals surface area contributed by atoms with E-state index in [1.165, 1.54) is 18.5 Å². The molecule has 2 aromatic rings. The number of hydrogen-bond acceptors (Lipinski definition) is 2. The van der Waals surface area contributed by atoms with Gasteiger partial charge in [0.2, 0.25) is 0 Å². The van der Waals surface area contributed by atoms with E-state index in [-0.39, 0.29) is 6.61 Å². The van der Waals surface area contributed by atoms with E-state index in [1.807, 2.05) is 6.07 Å². The van der Waals surface area contributed by atoms with Crippen LogP contribution in [0, 0.1) is 2.88 Å². The molecule has 0 aliphatic heterocycles. The van der Waals surface area contributed by atoms with Crippen LogP contribution >= 0.6 is 49.9 Å². The second-order valence-electron chi connectivity index (χ2n) is 2.96. The van der Waals surface area contributed by atoms with Gasteiger partial charge in [0.15, 0.2) is 0 Å². The fourth-order valence-electron chi connectivity index (χ4n) is 1.46. The molecule has 0 spiro atoms. The van der Waals surface area contributed by atoms with E-state index in [1.54, 1.807) is 11.3 Å². The van der Waals surface area contributed by atoms with Gasteiger partial charge in [-0.25, -0.2) is 0 Å². The van der Waals surface area contributed by atoms with Gasteiger partial charge in [0.25, 0.3) is 0 Å². The smallest absolute Gasteiger partial charge is 0.0685 e. The van der Waals surface area contributed by atoms with Gasteiger partial charge >= 0.3 is 0 Å². The SMILES string of the molecule is OCc1ccc2cc(I)sc2c1CBr. The molecule has 74 valence electrons. The van der Waals surface area contributed by atoms with Crippen LogP contribution in [0.3, 0.4) is 0 Å². The number of benzene rings is 1. The Morgan fingerprint density at radius 1 is 1.43 bits per heavy atom. The molecule has 0 aliphatic carbocycles. The quantitative estimate of drug-likeness (QED) is 0.617. The van der Waals surface area contributed by atoms with Crippen LogP contribution in [0.25, 0.3) is 10.1 Å². The molecule has 2 rings (SSSR count). The van der Waals surface area contributed by atoms with Crippen molar-refractivity contribution in [1.82, 2.24) is 0 Å². The van der Waals surface area contributed by atoms with E-state index in [0.29, 0.717) is 0 Å². The average Bonchev–Trinajstić information content (AvgIpc) is 2.56. The van der Waals surface area contributed by atoms with E-state index in [4.69, 9.17) is 0 Å². The number of thiophene rings is 1. The van der Waals surface area contributed by atoms with E-state index in [0.717, 1.165) is 10.9 Å². The lowest BCUT2D eigenvalue weighted by molar-refractivity contribution is 0.281. The minimum atomic E-state index is 0.116. The summed E-state index contributed by atoms with van der Waals surface area (Å²) in [7, 11) is 0. The number of aliphatic hydroxyl groups is 1. The third-order valence-electron chi connectivity index (χ3n) is 2.16. The van der Waals surface area contributed by atoms with Gasteiger partial charge in [-0.2, -0.15) is 0 Å². The summed E-state index contributed by atoms with van der Waals surface area (Å²) in [5.41, 5.74) is 2.24. The first-order chi connectivity index (χ1) is 6.76. The van der Waals surface area contributed by atoms with Crippen molar-refractivity contribution in [1.29, 1.82) is 0 Å². The summed E-state index contributed by atoms with van der Waals surface area (Å²) in [6, 6.07) is 6.25. The van der Waals surface area contributed by atoms with Crippen LogP contribution in [-0.4, -0.2) is 5.11 Å². The van der Waals surface area contributed by atoms with Crippen LogP contribution in [-0.2, 0) is 11.9 Å². The first kappa shape index (κ1) is 10.9. The Balaban J connectivity index is 2.75. The van der Waals surface area contributed by atoms with Crippen LogP contribution in [0.2, 0.25) is 0 Å². The third-order valence-corrected chi connectivity index (χ3v) is 4.69. The molecule has 0 unspecified atom stereocenters. The summed E-state index contributed by atoms with van der Waals surface area (Å²) in [5.74, 6) is 0. The summed E-state index contributed by atoms with van der Waals surface area (Å²) in [4.78, 5) is 0. The zero-order valence-electron chi connectivity index (χ0n) is 7.26. The predicted molar refractivity (Wildman–Crippen MR) is 73.1 cm³/mol. The highest BCUT2D eigenvalue weighted by Crippen LogP contribution is 2.32. The van der Waals surface area contributed by atoms with Gasteiger partial charge < -0.3 is 5.11 Å². The lowest BCUT2D eigenvalue weighted by atomic mass is 10.1. The molecule has 0 aliphatic rings. The van der Waals surface area contributed by atoms with Gasteiger partial charge in [-0.3, -0.25) is 0 Å². The van der Waals surface area contributed by atoms with Crippen molar-refractivity contribution in [2.45, 2.75) is 11.9 Å². The summed E-state index contributed by atoms with van der Waals surface area (Å²) in [5, 5.41) is 11.3. The van der Waals surface area contributed by atoms with Crippen molar-refractivity contribution in [3.63, 3.8) is 0 Å². The van der Waals surface area contributed by atoms with Crippen LogP contribution in [0.5, 0.6) is 0 Å². The second-order valence-corrected chi connectivity index (χ2v) is 6.47. The maximum Gasteiger partial charge on any atom is 0.0685 e. The van der Waals surface area contributed by atoms with Crippen molar-refractivity contribution in [3.8, 4) is 0 Å². The zero-order chi connectivity index (χ0) is 10.1. The normalized spacial score (nSPS) is 11.1. The molecular weight excluding hydrogens is 375 g/mol. The average molecular weight is 383 g/mol. The Kier molecular flexibility index (Phi) is 3.46. The lowest BCUT2D eigenvalue weighted by Gasteiger charge is -2.04. The molecule has 0 atom stereocenters. The van der Waals surface area contributed by atoms with Crippen LogP contribution < -0.4 is 0 Å². The predicted octanol–water partition coefficient (Wildman–Crippen LogP) is 3.89. The molecule has 1 heterocycles. The fourth-order valence-corrected chi connectivity index (χ4v) is 4.24. The number of halogens is 2. The molecule has 1 nitrogen and oxygen atoms in total. The van der Waals surface area contributed by atoms with Gasteiger partial charge in [0.05, 0.1) is 9.49 Å². The van der Waals surface area contributed by atoms with Gasteiger partial charge in [0, 0.05) is 10.0 Å². The summed E-state index contributed by atoms with van der Waals surface area (Å²) < 4.78 is 2.58. The maximum absolute atomic E-state index is 9.20. The maximum atomic E-state index is 9.20. The molecule has 0 bridgehead atoms. The molecule has 1 aromatic carbocycles. The molecule has 14 heavy (non-hydrogen) atoms. The molecule has 1 aromatic heterocycles. The highest BCUT2D eigenvalue weighted by Gasteiger charge is 2.08. The molecular formula is C10H8BrIOS. The van der Waals surface area contributed by atoms with Crippen molar-refractivity contribution in [2.24, 2.45) is 0 Å². The van der Waals surface area contributed by atoms with Crippen LogP contribution in [0.15, 0.2) is 18.2 Å². The van der Waals surface area contributed by atoms with Gasteiger partial charge in [-0.1, -0.05) is 28.1 Å². The van der Waals surface area contributed by atoms with E-state index in [2.05, 4.69) is 50.7 Å². The Morgan fingerprint density at radius 3 is 2.86 bits per heavy atom. The van der Waals surface area contributed by atoms with Crippen molar-refractivity contribution >= 4 is 59.9 Å². The fraction of sp³-hybridized carbons (Fsp3) is 0.200.